The Kier molecular flexibility index (Phi) is 2.25. The topological polar surface area (TPSA) is 55.0 Å². The third-order valence-electron chi connectivity index (χ3n) is 1.48. The second-order valence-electron chi connectivity index (χ2n) is 2.28. The molecular formula is C7H10N2O2. The fourth-order valence-corrected chi connectivity index (χ4v) is 0.769. The van der Waals surface area contributed by atoms with Crippen LogP contribution in [0.3, 0.4) is 0 Å². The van der Waals surface area contributed by atoms with Gasteiger partial charge in [-0.25, -0.2) is 0 Å². The van der Waals surface area contributed by atoms with Crippen LogP contribution < -0.4 is 0 Å². The van der Waals surface area contributed by atoms with Crippen molar-refractivity contribution < 1.29 is 9.53 Å². The minimum Gasteiger partial charge on any atom is -0.469 e. The smallest absolute Gasteiger partial charge is 0.311 e. The van der Waals surface area contributed by atoms with Gasteiger partial charge >= 0.3 is 5.97 Å². The van der Waals surface area contributed by atoms with Crippen molar-refractivity contribution in [2.75, 3.05) is 7.11 Å². The van der Waals surface area contributed by atoms with Gasteiger partial charge in [-0.1, -0.05) is 0 Å². The highest BCUT2D eigenvalue weighted by Gasteiger charge is 2.06. The molecular weight excluding hydrogens is 144 g/mol. The van der Waals surface area contributed by atoms with E-state index in [0.29, 0.717) is 0 Å². The van der Waals surface area contributed by atoms with Crippen LogP contribution in [0.15, 0.2) is 6.20 Å². The van der Waals surface area contributed by atoms with Crippen molar-refractivity contribution in [1.29, 1.82) is 0 Å². The Balaban J connectivity index is 2.64. The number of hydrogen-bond donors (Lipinski definition) is 1. The van der Waals surface area contributed by atoms with Crippen LogP contribution in [0.1, 0.15) is 11.3 Å². The third kappa shape index (κ3) is 1.80. The van der Waals surface area contributed by atoms with Crippen LogP contribution >= 0.6 is 0 Å². The Hall–Kier alpha value is -1.32. The molecule has 1 N–H and O–H groups in total. The minimum atomic E-state index is -0.252. The van der Waals surface area contributed by atoms with E-state index in [-0.39, 0.29) is 12.4 Å². The van der Waals surface area contributed by atoms with Crippen LogP contribution in [0.2, 0.25) is 0 Å². The molecule has 1 aromatic rings. The number of nitrogens with zero attached hydrogens (tertiary/aromatic N) is 1. The number of esters is 1. The number of H-pyrrole nitrogens is 1. The van der Waals surface area contributed by atoms with Gasteiger partial charge in [0.25, 0.3) is 0 Å². The van der Waals surface area contributed by atoms with Gasteiger partial charge in [-0.05, 0) is 12.5 Å². The van der Waals surface area contributed by atoms with Gasteiger partial charge < -0.3 is 4.74 Å². The normalized spacial score (nSPS) is 9.64. The van der Waals surface area contributed by atoms with E-state index < -0.39 is 0 Å². The molecule has 1 aromatic heterocycles. The molecule has 11 heavy (non-hydrogen) atoms. The molecule has 4 nitrogen and oxygen atoms in total. The molecule has 0 aliphatic carbocycles. The van der Waals surface area contributed by atoms with E-state index in [9.17, 15) is 4.79 Å². The maximum absolute atomic E-state index is 10.8. The van der Waals surface area contributed by atoms with E-state index in [4.69, 9.17) is 0 Å². The standard InChI is InChI=1S/C7H10N2O2/c1-5-4-8-9-6(5)3-7(10)11-2/h4H,3H2,1-2H3,(H,8,9). The number of rotatable bonds is 2. The zero-order chi connectivity index (χ0) is 8.27. The van der Waals surface area contributed by atoms with Gasteiger partial charge in [-0.15, -0.1) is 0 Å². The lowest BCUT2D eigenvalue weighted by molar-refractivity contribution is -0.139. The molecule has 0 bridgehead atoms. The quantitative estimate of drug-likeness (QED) is 0.628. The highest BCUT2D eigenvalue weighted by Crippen LogP contribution is 2.02. The maximum atomic E-state index is 10.8. The van der Waals surface area contributed by atoms with Gasteiger partial charge in [0, 0.05) is 5.69 Å². The molecule has 60 valence electrons. The molecule has 1 rings (SSSR count). The Morgan fingerprint density at radius 1 is 1.82 bits per heavy atom. The molecule has 0 saturated carbocycles. The van der Waals surface area contributed by atoms with Gasteiger partial charge in [0.05, 0.1) is 19.7 Å². The lowest BCUT2D eigenvalue weighted by Crippen LogP contribution is -2.05. The molecule has 1 heterocycles. The van der Waals surface area contributed by atoms with Crippen LogP contribution in [0.25, 0.3) is 0 Å². The van der Waals surface area contributed by atoms with Crippen molar-refractivity contribution in [1.82, 2.24) is 10.2 Å². The Morgan fingerprint density at radius 2 is 2.55 bits per heavy atom. The first kappa shape index (κ1) is 7.78. The van der Waals surface area contributed by atoms with Crippen LogP contribution in [0.5, 0.6) is 0 Å². The average Bonchev–Trinajstić information content (AvgIpc) is 2.37. The Bertz CT molecular complexity index is 255. The number of aromatic nitrogens is 2. The van der Waals surface area contributed by atoms with E-state index >= 15 is 0 Å². The number of hydrogen-bond acceptors (Lipinski definition) is 3. The molecule has 0 aromatic carbocycles. The van der Waals surface area contributed by atoms with Crippen LogP contribution in [-0.4, -0.2) is 23.3 Å². The van der Waals surface area contributed by atoms with Crippen LogP contribution in [-0.2, 0) is 16.0 Å². The van der Waals surface area contributed by atoms with Crippen molar-refractivity contribution in [2.24, 2.45) is 0 Å². The predicted octanol–water partition coefficient (Wildman–Crippen LogP) is 0.434. The van der Waals surface area contributed by atoms with E-state index in [1.54, 1.807) is 6.20 Å². The summed E-state index contributed by atoms with van der Waals surface area (Å²) in [5.41, 5.74) is 1.80. The fraction of sp³-hybridized carbons (Fsp3) is 0.429. The SMILES string of the molecule is COC(=O)Cc1[nH]ncc1C. The number of aryl methyl sites for hydroxylation is 1. The summed E-state index contributed by atoms with van der Waals surface area (Å²) in [6.45, 7) is 1.89. The first-order valence-electron chi connectivity index (χ1n) is 3.29. The average molecular weight is 154 g/mol. The highest BCUT2D eigenvalue weighted by molar-refractivity contribution is 5.72. The predicted molar refractivity (Wildman–Crippen MR) is 39.0 cm³/mol. The minimum absolute atomic E-state index is 0.252. The number of ether oxygens (including phenoxy) is 1. The molecule has 0 atom stereocenters. The number of carbonyl (C=O) groups is 1. The molecule has 0 aliphatic heterocycles. The van der Waals surface area contributed by atoms with Crippen LogP contribution in [0, 0.1) is 6.92 Å². The third-order valence-corrected chi connectivity index (χ3v) is 1.48. The summed E-state index contributed by atoms with van der Waals surface area (Å²) in [6.07, 6.45) is 1.95. The van der Waals surface area contributed by atoms with Gasteiger partial charge in [0.1, 0.15) is 0 Å². The summed E-state index contributed by atoms with van der Waals surface area (Å²) < 4.78 is 4.49. The zero-order valence-corrected chi connectivity index (χ0v) is 6.55. The zero-order valence-electron chi connectivity index (χ0n) is 6.55. The molecule has 0 fully saturated rings. The fourth-order valence-electron chi connectivity index (χ4n) is 0.769. The number of carbonyl (C=O) groups excluding carboxylic acids is 1. The summed E-state index contributed by atoms with van der Waals surface area (Å²) >= 11 is 0. The van der Waals surface area contributed by atoms with E-state index in [2.05, 4.69) is 14.9 Å². The molecule has 0 amide bonds. The van der Waals surface area contributed by atoms with E-state index in [0.717, 1.165) is 11.3 Å². The largest absolute Gasteiger partial charge is 0.469 e. The van der Waals surface area contributed by atoms with E-state index in [1.807, 2.05) is 6.92 Å². The summed E-state index contributed by atoms with van der Waals surface area (Å²) in [4.78, 5) is 10.8. The highest BCUT2D eigenvalue weighted by atomic mass is 16.5. The number of aromatic amines is 1. The Morgan fingerprint density at radius 3 is 3.00 bits per heavy atom. The second kappa shape index (κ2) is 3.18. The van der Waals surface area contributed by atoms with Gasteiger partial charge in [-0.3, -0.25) is 9.89 Å². The summed E-state index contributed by atoms with van der Waals surface area (Å²) in [5.74, 6) is -0.252. The van der Waals surface area contributed by atoms with E-state index in [1.165, 1.54) is 7.11 Å². The Labute approximate surface area is 64.6 Å². The maximum Gasteiger partial charge on any atom is 0.311 e. The van der Waals surface area contributed by atoms with Crippen molar-refractivity contribution >= 4 is 5.97 Å². The van der Waals surface area contributed by atoms with Crippen molar-refractivity contribution in [3.8, 4) is 0 Å². The molecule has 0 radical (unpaired) electrons. The van der Waals surface area contributed by atoms with Crippen molar-refractivity contribution in [2.45, 2.75) is 13.3 Å². The second-order valence-corrected chi connectivity index (χ2v) is 2.28. The molecule has 0 aliphatic rings. The summed E-state index contributed by atoms with van der Waals surface area (Å²) in [7, 11) is 1.37. The molecule has 0 saturated heterocycles. The monoisotopic (exact) mass is 154 g/mol. The first-order valence-corrected chi connectivity index (χ1v) is 3.29. The van der Waals surface area contributed by atoms with Gasteiger partial charge in [-0.2, -0.15) is 5.10 Å². The van der Waals surface area contributed by atoms with Gasteiger partial charge in [0.2, 0.25) is 0 Å². The molecule has 0 spiro atoms. The molecule has 0 unspecified atom stereocenters. The number of methoxy groups -OCH3 is 1. The van der Waals surface area contributed by atoms with Gasteiger partial charge in [0.15, 0.2) is 0 Å². The summed E-state index contributed by atoms with van der Waals surface area (Å²) in [5, 5.41) is 6.50. The van der Waals surface area contributed by atoms with Crippen LogP contribution in [0.4, 0.5) is 0 Å². The van der Waals surface area contributed by atoms with Crippen molar-refractivity contribution in [3.05, 3.63) is 17.5 Å². The van der Waals surface area contributed by atoms with Crippen molar-refractivity contribution in [3.63, 3.8) is 0 Å². The molecule has 4 heteroatoms. The summed E-state index contributed by atoms with van der Waals surface area (Å²) in [6, 6.07) is 0. The first-order chi connectivity index (χ1) is 5.24. The lowest BCUT2D eigenvalue weighted by atomic mass is 10.2. The lowest BCUT2D eigenvalue weighted by Gasteiger charge is -1.96. The number of nitrogens with one attached hydrogen (secondary N) is 1.